The Balaban J connectivity index is 1.68. The van der Waals surface area contributed by atoms with Crippen molar-refractivity contribution in [2.75, 3.05) is 62.8 Å². The molecule has 5 rings (SSSR count). The monoisotopic (exact) mass is 515 g/mol. The Bertz CT molecular complexity index is 1220. The maximum atomic E-state index is 14.9. The Labute approximate surface area is 213 Å². The zero-order chi connectivity index (χ0) is 25.6. The molecule has 1 atom stereocenters. The van der Waals surface area contributed by atoms with Crippen molar-refractivity contribution in [2.24, 2.45) is 0 Å². The van der Waals surface area contributed by atoms with Crippen molar-refractivity contribution in [3.8, 4) is 17.0 Å². The minimum Gasteiger partial charge on any atom is -0.507 e. The van der Waals surface area contributed by atoms with Gasteiger partial charge in [-0.05, 0) is 18.2 Å². The molecule has 3 aliphatic heterocycles. The van der Waals surface area contributed by atoms with Gasteiger partial charge in [0.1, 0.15) is 29.1 Å². The van der Waals surface area contributed by atoms with Gasteiger partial charge < -0.3 is 24.5 Å². The van der Waals surface area contributed by atoms with Crippen molar-refractivity contribution in [1.29, 1.82) is 0 Å². The summed E-state index contributed by atoms with van der Waals surface area (Å²) in [5.41, 5.74) is 1.11. The lowest BCUT2D eigenvalue weighted by Gasteiger charge is -2.39. The van der Waals surface area contributed by atoms with Crippen molar-refractivity contribution in [1.82, 2.24) is 14.8 Å². The maximum Gasteiger partial charge on any atom is 0.246 e. The van der Waals surface area contributed by atoms with Crippen LogP contribution in [0.4, 0.5) is 15.9 Å². The van der Waals surface area contributed by atoms with Crippen LogP contribution in [0.1, 0.15) is 5.56 Å². The molecule has 0 aliphatic carbocycles. The number of halogens is 2. The number of piperazine rings is 1. The first kappa shape index (κ1) is 24.5. The summed E-state index contributed by atoms with van der Waals surface area (Å²) in [6, 6.07) is 3.42. The summed E-state index contributed by atoms with van der Waals surface area (Å²) < 4.78 is 20.5. The van der Waals surface area contributed by atoms with Gasteiger partial charge >= 0.3 is 0 Å². The molecule has 2 fully saturated rings. The van der Waals surface area contributed by atoms with Crippen LogP contribution in [0.3, 0.4) is 0 Å². The average molecular weight is 516 g/mol. The van der Waals surface area contributed by atoms with Crippen molar-refractivity contribution in [3.63, 3.8) is 0 Å². The fourth-order valence-corrected chi connectivity index (χ4v) is 5.51. The lowest BCUT2D eigenvalue weighted by molar-refractivity contribution is -0.133. The Kier molecular flexibility index (Phi) is 6.59. The quantitative estimate of drug-likeness (QED) is 0.627. The minimum atomic E-state index is -0.670. The fourth-order valence-electron chi connectivity index (χ4n) is 5.13. The zero-order valence-corrected chi connectivity index (χ0v) is 20.7. The molecule has 2 amide bonds. The van der Waals surface area contributed by atoms with E-state index in [0.717, 1.165) is 5.56 Å². The van der Waals surface area contributed by atoms with E-state index in [2.05, 4.69) is 6.58 Å². The highest BCUT2D eigenvalue weighted by Gasteiger charge is 2.41. The molecule has 1 aromatic carbocycles. The summed E-state index contributed by atoms with van der Waals surface area (Å²) in [5, 5.41) is 10.6. The van der Waals surface area contributed by atoms with Gasteiger partial charge in [0.05, 0.1) is 29.5 Å². The van der Waals surface area contributed by atoms with Crippen LogP contribution in [0.25, 0.3) is 11.3 Å². The van der Waals surface area contributed by atoms with Crippen LogP contribution in [-0.4, -0.2) is 90.7 Å². The van der Waals surface area contributed by atoms with Crippen LogP contribution in [-0.2, 0) is 20.9 Å². The third-order valence-electron chi connectivity index (χ3n) is 7.02. The van der Waals surface area contributed by atoms with Crippen LogP contribution in [0.5, 0.6) is 5.75 Å². The molecule has 4 heterocycles. The number of nitrogens with zero attached hydrogens (tertiary/aromatic N) is 5. The first-order valence-corrected chi connectivity index (χ1v) is 12.2. The molecular formula is C25H27ClFN5O4. The number of aromatic hydroxyl groups is 1. The number of hydrogen-bond donors (Lipinski definition) is 1. The van der Waals surface area contributed by atoms with E-state index >= 15 is 0 Å². The lowest BCUT2D eigenvalue weighted by atomic mass is 10.0. The Morgan fingerprint density at radius 1 is 1.28 bits per heavy atom. The van der Waals surface area contributed by atoms with Gasteiger partial charge in [0.15, 0.2) is 0 Å². The topological polar surface area (TPSA) is 89.5 Å². The molecule has 1 aromatic heterocycles. The predicted molar refractivity (Wildman–Crippen MR) is 134 cm³/mol. The third-order valence-corrected chi connectivity index (χ3v) is 7.38. The van der Waals surface area contributed by atoms with Crippen molar-refractivity contribution < 1.29 is 23.8 Å². The van der Waals surface area contributed by atoms with Gasteiger partial charge in [0.25, 0.3) is 0 Å². The molecule has 36 heavy (non-hydrogen) atoms. The molecular weight excluding hydrogens is 489 g/mol. The number of pyridine rings is 1. The second-order valence-electron chi connectivity index (χ2n) is 9.03. The lowest BCUT2D eigenvalue weighted by Crippen LogP contribution is -2.58. The highest BCUT2D eigenvalue weighted by molar-refractivity contribution is 6.37. The third kappa shape index (κ3) is 4.08. The number of anilines is 2. The summed E-state index contributed by atoms with van der Waals surface area (Å²) in [7, 11) is 1.62. The van der Waals surface area contributed by atoms with E-state index in [0.29, 0.717) is 57.4 Å². The summed E-state index contributed by atoms with van der Waals surface area (Å²) in [5.74, 6) is -0.857. The number of carbonyl (C=O) groups excluding carboxylic acids is 2. The molecule has 0 saturated carbocycles. The highest BCUT2D eigenvalue weighted by atomic mass is 35.5. The molecule has 0 unspecified atom stereocenters. The van der Waals surface area contributed by atoms with Crippen molar-refractivity contribution in [2.45, 2.75) is 12.6 Å². The molecule has 9 nitrogen and oxygen atoms in total. The Hall–Kier alpha value is -3.21. The van der Waals surface area contributed by atoms with Crippen LogP contribution in [0.15, 0.2) is 30.9 Å². The zero-order valence-electron chi connectivity index (χ0n) is 19.9. The van der Waals surface area contributed by atoms with Gasteiger partial charge in [-0.2, -0.15) is 0 Å². The number of phenolic OH excluding ortho intramolecular Hbond substituents is 1. The molecule has 1 N–H and O–H groups in total. The number of hydrogen-bond acceptors (Lipinski definition) is 7. The Morgan fingerprint density at radius 3 is 2.72 bits per heavy atom. The van der Waals surface area contributed by atoms with E-state index < -0.39 is 11.9 Å². The number of morpholine rings is 1. The first-order chi connectivity index (χ1) is 17.3. The van der Waals surface area contributed by atoms with Crippen LogP contribution in [0, 0.1) is 5.82 Å². The predicted octanol–water partition coefficient (Wildman–Crippen LogP) is 2.26. The number of amides is 2. The van der Waals surface area contributed by atoms with E-state index in [9.17, 15) is 19.1 Å². The number of phenols is 1. The van der Waals surface area contributed by atoms with Gasteiger partial charge in [0.2, 0.25) is 11.8 Å². The number of aromatic nitrogens is 1. The number of rotatable bonds is 3. The molecule has 0 bridgehead atoms. The fraction of sp³-hybridized carbons (Fsp3) is 0.400. The molecule has 0 spiro atoms. The highest BCUT2D eigenvalue weighted by Crippen LogP contribution is 2.46. The largest absolute Gasteiger partial charge is 0.507 e. The summed E-state index contributed by atoms with van der Waals surface area (Å²) in [6.07, 6.45) is 1.25. The average Bonchev–Trinajstić information content (AvgIpc) is 2.99. The van der Waals surface area contributed by atoms with Crippen LogP contribution in [0.2, 0.25) is 5.02 Å². The van der Waals surface area contributed by atoms with E-state index in [1.54, 1.807) is 11.9 Å². The van der Waals surface area contributed by atoms with Gasteiger partial charge in [-0.3, -0.25) is 14.5 Å². The first-order valence-electron chi connectivity index (χ1n) is 11.8. The second kappa shape index (κ2) is 9.68. The molecule has 190 valence electrons. The standard InChI is InChI=1S/C25H27ClFN5O4/c1-3-19(34)32-8-7-31-13-15-23(29(2)25(35)17(31)14-32)21(26)22(20-16(27)5-4-6-18(20)33)28-24(15)30-9-11-36-12-10-30/h3-6,17,33H,1,7-14H2,2H3/t17-/m1/s1. The van der Waals surface area contributed by atoms with Gasteiger partial charge in [-0.25, -0.2) is 9.37 Å². The normalized spacial score (nSPS) is 20.6. The minimum absolute atomic E-state index is 0.0653. The summed E-state index contributed by atoms with van der Waals surface area (Å²) >= 11 is 6.87. The number of benzene rings is 1. The number of fused-ring (bicyclic) bond motifs is 2. The smallest absolute Gasteiger partial charge is 0.246 e. The van der Waals surface area contributed by atoms with Crippen molar-refractivity contribution >= 4 is 34.9 Å². The molecule has 3 aliphatic rings. The summed E-state index contributed by atoms with van der Waals surface area (Å²) in [4.78, 5) is 37.9. The second-order valence-corrected chi connectivity index (χ2v) is 9.41. The number of ether oxygens (including phenoxy) is 1. The van der Waals surface area contributed by atoms with Gasteiger partial charge in [0, 0.05) is 51.9 Å². The molecule has 2 aromatic rings. The Morgan fingerprint density at radius 2 is 2.03 bits per heavy atom. The van der Waals surface area contributed by atoms with Crippen LogP contribution < -0.4 is 9.80 Å². The summed E-state index contributed by atoms with van der Waals surface area (Å²) in [6.45, 7) is 7.22. The maximum absolute atomic E-state index is 14.9. The molecule has 2 saturated heterocycles. The van der Waals surface area contributed by atoms with E-state index in [4.69, 9.17) is 21.3 Å². The van der Waals surface area contributed by atoms with E-state index in [1.165, 1.54) is 29.2 Å². The van der Waals surface area contributed by atoms with E-state index in [1.807, 2.05) is 9.80 Å². The van der Waals surface area contributed by atoms with Gasteiger partial charge in [-0.1, -0.05) is 24.2 Å². The van der Waals surface area contributed by atoms with Crippen LogP contribution >= 0.6 is 11.6 Å². The van der Waals surface area contributed by atoms with Crippen molar-refractivity contribution in [3.05, 3.63) is 47.3 Å². The van der Waals surface area contributed by atoms with Gasteiger partial charge in [-0.15, -0.1) is 0 Å². The SMILES string of the molecule is C=CC(=O)N1CCN2Cc3c(N4CCOCC4)nc(-c4c(O)cccc4F)c(Cl)c3N(C)C(=O)[C@H]2C1. The molecule has 0 radical (unpaired) electrons. The number of likely N-dealkylation sites (N-methyl/N-ethyl adjacent to an activating group) is 1. The number of carbonyl (C=O) groups is 2. The molecule has 11 heteroatoms. The van der Waals surface area contributed by atoms with E-state index in [-0.39, 0.29) is 40.4 Å².